The molecule has 4 heteroatoms. The number of urea groups is 1. The maximum absolute atomic E-state index is 12.1. The minimum absolute atomic E-state index is 0.0977. The molecule has 2 aliphatic rings. The molecule has 2 fully saturated rings. The third kappa shape index (κ3) is 6.80. The van der Waals surface area contributed by atoms with Crippen LogP contribution >= 0.6 is 0 Å². The summed E-state index contributed by atoms with van der Waals surface area (Å²) >= 11 is 0. The van der Waals surface area contributed by atoms with Crippen LogP contribution in [0.5, 0.6) is 0 Å². The topological polar surface area (TPSA) is 44.4 Å². The lowest BCUT2D eigenvalue weighted by atomic mass is 9.77. The summed E-state index contributed by atoms with van der Waals surface area (Å²) in [5, 5.41) is 5.93. The summed E-state index contributed by atoms with van der Waals surface area (Å²) < 4.78 is 0. The number of hydrogen-bond donors (Lipinski definition) is 2. The molecule has 1 saturated heterocycles. The number of nitrogens with zero attached hydrogens (tertiary/aromatic N) is 1. The Morgan fingerprint density at radius 1 is 1.04 bits per heavy atom. The zero-order valence-electron chi connectivity index (χ0n) is 17.7. The van der Waals surface area contributed by atoms with Gasteiger partial charge < -0.3 is 15.5 Å². The molecule has 156 valence electrons. The smallest absolute Gasteiger partial charge is 0.319 e. The SMILES string of the molecule is CCCCCC1CCC(c2ccc(NC(=O)NCCN3CCCC3)cc2)CC1. The normalized spacial score (nSPS) is 22.9. The molecule has 0 aromatic heterocycles. The van der Waals surface area contributed by atoms with E-state index in [4.69, 9.17) is 0 Å². The van der Waals surface area contributed by atoms with E-state index in [9.17, 15) is 4.79 Å². The van der Waals surface area contributed by atoms with E-state index in [1.54, 1.807) is 0 Å². The minimum atomic E-state index is -0.0977. The van der Waals surface area contributed by atoms with Crippen molar-refractivity contribution in [3.8, 4) is 0 Å². The van der Waals surface area contributed by atoms with Crippen LogP contribution in [0.4, 0.5) is 10.5 Å². The monoisotopic (exact) mass is 385 g/mol. The molecule has 0 bridgehead atoms. The van der Waals surface area contributed by atoms with Gasteiger partial charge in [-0.05, 0) is 81.1 Å². The highest BCUT2D eigenvalue weighted by atomic mass is 16.2. The second-order valence-electron chi connectivity index (χ2n) is 8.77. The van der Waals surface area contributed by atoms with Gasteiger partial charge in [0.05, 0.1) is 0 Å². The maximum Gasteiger partial charge on any atom is 0.319 e. The van der Waals surface area contributed by atoms with Gasteiger partial charge in [0.2, 0.25) is 0 Å². The molecule has 2 amide bonds. The zero-order chi connectivity index (χ0) is 19.6. The van der Waals surface area contributed by atoms with E-state index in [-0.39, 0.29) is 6.03 Å². The molecule has 1 aliphatic heterocycles. The van der Waals surface area contributed by atoms with Crippen molar-refractivity contribution in [1.82, 2.24) is 10.2 Å². The predicted octanol–water partition coefficient (Wildman–Crippen LogP) is 5.76. The lowest BCUT2D eigenvalue weighted by Crippen LogP contribution is -2.35. The van der Waals surface area contributed by atoms with Gasteiger partial charge in [0.25, 0.3) is 0 Å². The molecule has 1 aromatic carbocycles. The van der Waals surface area contributed by atoms with Gasteiger partial charge in [0.15, 0.2) is 0 Å². The van der Waals surface area contributed by atoms with Gasteiger partial charge in [-0.3, -0.25) is 0 Å². The summed E-state index contributed by atoms with van der Waals surface area (Å²) in [5.41, 5.74) is 2.32. The molecular formula is C24H39N3O. The van der Waals surface area contributed by atoms with Crippen LogP contribution in [-0.4, -0.2) is 37.1 Å². The number of carbonyl (C=O) groups excluding carboxylic acids is 1. The number of benzene rings is 1. The predicted molar refractivity (Wildman–Crippen MR) is 118 cm³/mol. The number of unbranched alkanes of at least 4 members (excludes halogenated alkanes) is 2. The van der Waals surface area contributed by atoms with Crippen LogP contribution in [-0.2, 0) is 0 Å². The summed E-state index contributed by atoms with van der Waals surface area (Å²) in [4.78, 5) is 14.5. The van der Waals surface area contributed by atoms with Gasteiger partial charge in [0.1, 0.15) is 0 Å². The number of likely N-dealkylation sites (tertiary alicyclic amines) is 1. The number of carbonyl (C=O) groups is 1. The van der Waals surface area contributed by atoms with Crippen molar-refractivity contribution in [3.63, 3.8) is 0 Å². The second-order valence-corrected chi connectivity index (χ2v) is 8.77. The van der Waals surface area contributed by atoms with Crippen LogP contribution in [0.3, 0.4) is 0 Å². The third-order valence-electron chi connectivity index (χ3n) is 6.61. The Kier molecular flexibility index (Phi) is 8.66. The van der Waals surface area contributed by atoms with Gasteiger partial charge in [-0.1, -0.05) is 44.7 Å². The molecule has 3 rings (SSSR count). The van der Waals surface area contributed by atoms with Crippen molar-refractivity contribution in [2.24, 2.45) is 5.92 Å². The summed E-state index contributed by atoms with van der Waals surface area (Å²) in [7, 11) is 0. The molecule has 4 nitrogen and oxygen atoms in total. The van der Waals surface area contributed by atoms with Gasteiger partial charge in [0, 0.05) is 18.8 Å². The lowest BCUT2D eigenvalue weighted by Gasteiger charge is -2.29. The van der Waals surface area contributed by atoms with E-state index in [0.717, 1.165) is 18.2 Å². The van der Waals surface area contributed by atoms with Crippen LogP contribution in [0.15, 0.2) is 24.3 Å². The maximum atomic E-state index is 12.1. The number of hydrogen-bond acceptors (Lipinski definition) is 2. The van der Waals surface area contributed by atoms with E-state index in [1.807, 2.05) is 0 Å². The van der Waals surface area contributed by atoms with Crippen molar-refractivity contribution in [3.05, 3.63) is 29.8 Å². The third-order valence-corrected chi connectivity index (χ3v) is 6.61. The Morgan fingerprint density at radius 2 is 1.75 bits per heavy atom. The van der Waals surface area contributed by atoms with Crippen molar-refractivity contribution in [2.75, 3.05) is 31.5 Å². The van der Waals surface area contributed by atoms with E-state index in [2.05, 4.69) is 46.7 Å². The molecule has 0 unspecified atom stereocenters. The molecule has 1 saturated carbocycles. The molecule has 28 heavy (non-hydrogen) atoms. The first-order chi connectivity index (χ1) is 13.7. The lowest BCUT2D eigenvalue weighted by molar-refractivity contribution is 0.249. The van der Waals surface area contributed by atoms with Gasteiger partial charge in [-0.15, -0.1) is 0 Å². The Morgan fingerprint density at radius 3 is 2.43 bits per heavy atom. The van der Waals surface area contributed by atoms with E-state index in [0.29, 0.717) is 12.5 Å². The number of nitrogens with one attached hydrogen (secondary N) is 2. The van der Waals surface area contributed by atoms with Gasteiger partial charge in [-0.25, -0.2) is 4.79 Å². The first kappa shape index (κ1) is 21.2. The van der Waals surface area contributed by atoms with Crippen molar-refractivity contribution in [1.29, 1.82) is 0 Å². The zero-order valence-corrected chi connectivity index (χ0v) is 17.7. The molecule has 2 N–H and O–H groups in total. The Labute approximate surface area is 171 Å². The van der Waals surface area contributed by atoms with E-state index >= 15 is 0 Å². The number of anilines is 1. The second kappa shape index (κ2) is 11.5. The fourth-order valence-corrected chi connectivity index (χ4v) is 4.82. The molecule has 0 spiro atoms. The summed E-state index contributed by atoms with van der Waals surface area (Å²) in [6, 6.07) is 8.44. The Hall–Kier alpha value is -1.55. The van der Waals surface area contributed by atoms with Crippen molar-refractivity contribution in [2.45, 2.75) is 77.0 Å². The first-order valence-electron chi connectivity index (χ1n) is 11.6. The molecule has 1 aromatic rings. The fraction of sp³-hybridized carbons (Fsp3) is 0.708. The number of amides is 2. The van der Waals surface area contributed by atoms with Crippen molar-refractivity contribution >= 4 is 11.7 Å². The fourth-order valence-electron chi connectivity index (χ4n) is 4.82. The molecule has 0 atom stereocenters. The van der Waals surface area contributed by atoms with E-state index in [1.165, 1.54) is 82.9 Å². The van der Waals surface area contributed by atoms with Crippen LogP contribution in [0.2, 0.25) is 0 Å². The number of rotatable bonds is 9. The molecule has 1 aliphatic carbocycles. The summed E-state index contributed by atoms with van der Waals surface area (Å²) in [5.74, 6) is 1.65. The molecule has 1 heterocycles. The minimum Gasteiger partial charge on any atom is -0.337 e. The summed E-state index contributed by atoms with van der Waals surface area (Å²) in [6.45, 7) is 6.30. The average molecular weight is 386 g/mol. The first-order valence-corrected chi connectivity index (χ1v) is 11.6. The standard InChI is InChI=1S/C24H39N3O/c1-2-3-4-7-20-8-10-21(11-9-20)22-12-14-23(15-13-22)26-24(28)25-16-19-27-17-5-6-18-27/h12-15,20-21H,2-11,16-19H2,1H3,(H2,25,26,28). The molecule has 0 radical (unpaired) electrons. The average Bonchev–Trinajstić information content (AvgIpc) is 3.23. The van der Waals surface area contributed by atoms with Crippen LogP contribution in [0, 0.1) is 5.92 Å². The van der Waals surface area contributed by atoms with Crippen LogP contribution in [0.25, 0.3) is 0 Å². The Bertz CT molecular complexity index is 572. The highest BCUT2D eigenvalue weighted by molar-refractivity contribution is 5.89. The highest BCUT2D eigenvalue weighted by Gasteiger charge is 2.22. The summed E-state index contributed by atoms with van der Waals surface area (Å²) in [6.07, 6.45) is 13.5. The highest BCUT2D eigenvalue weighted by Crippen LogP contribution is 2.38. The van der Waals surface area contributed by atoms with E-state index < -0.39 is 0 Å². The van der Waals surface area contributed by atoms with Crippen LogP contribution in [0.1, 0.15) is 82.6 Å². The Balaban J connectivity index is 1.35. The van der Waals surface area contributed by atoms with Gasteiger partial charge in [-0.2, -0.15) is 0 Å². The quantitative estimate of drug-likeness (QED) is 0.531. The van der Waals surface area contributed by atoms with Gasteiger partial charge >= 0.3 is 6.03 Å². The molecular weight excluding hydrogens is 346 g/mol. The largest absolute Gasteiger partial charge is 0.337 e. The van der Waals surface area contributed by atoms with Crippen LogP contribution < -0.4 is 10.6 Å². The van der Waals surface area contributed by atoms with Crippen molar-refractivity contribution < 1.29 is 4.79 Å².